The van der Waals surface area contributed by atoms with Crippen LogP contribution in [0.25, 0.3) is 10.9 Å². The highest BCUT2D eigenvalue weighted by Crippen LogP contribution is 2.28. The van der Waals surface area contributed by atoms with Crippen molar-refractivity contribution in [1.82, 2.24) is 19.2 Å². The molecule has 0 amide bonds. The van der Waals surface area contributed by atoms with Gasteiger partial charge in [-0.3, -0.25) is 4.90 Å². The highest BCUT2D eigenvalue weighted by molar-refractivity contribution is 9.10. The molecule has 0 spiro atoms. The van der Waals surface area contributed by atoms with Gasteiger partial charge in [-0.15, -0.1) is 0 Å². The molecule has 2 heterocycles. The van der Waals surface area contributed by atoms with E-state index in [1.807, 2.05) is 48.5 Å². The molecule has 0 saturated carbocycles. The maximum Gasteiger partial charge on any atom is 0.243 e. The molecular formula is C28H30BrN5O3S. The number of anilines is 1. The monoisotopic (exact) mass is 595 g/mol. The van der Waals surface area contributed by atoms with Gasteiger partial charge >= 0.3 is 0 Å². The molecule has 198 valence electrons. The molecule has 1 fully saturated rings. The first-order valence-electron chi connectivity index (χ1n) is 12.5. The number of benzene rings is 3. The minimum Gasteiger partial charge on any atom is -0.496 e. The van der Waals surface area contributed by atoms with Crippen LogP contribution in [0.4, 0.5) is 5.82 Å². The fourth-order valence-corrected chi connectivity index (χ4v) is 6.38. The summed E-state index contributed by atoms with van der Waals surface area (Å²) >= 11 is 3.37. The number of nitrogens with zero attached hydrogens (tertiary/aromatic N) is 4. The summed E-state index contributed by atoms with van der Waals surface area (Å²) in [7, 11) is -1.86. The zero-order valence-corrected chi connectivity index (χ0v) is 23.7. The van der Waals surface area contributed by atoms with Gasteiger partial charge in [-0.2, -0.15) is 4.31 Å². The highest BCUT2D eigenvalue weighted by atomic mass is 79.9. The van der Waals surface area contributed by atoms with Crippen LogP contribution in [0.1, 0.15) is 24.4 Å². The Morgan fingerprint density at radius 1 is 0.947 bits per heavy atom. The van der Waals surface area contributed by atoms with Crippen molar-refractivity contribution in [2.75, 3.05) is 38.6 Å². The maximum absolute atomic E-state index is 13.1. The predicted molar refractivity (Wildman–Crippen MR) is 153 cm³/mol. The van der Waals surface area contributed by atoms with Crippen molar-refractivity contribution in [3.05, 3.63) is 88.7 Å². The Hall–Kier alpha value is -3.05. The number of rotatable bonds is 8. The van der Waals surface area contributed by atoms with Gasteiger partial charge in [-0.1, -0.05) is 46.3 Å². The second-order valence-corrected chi connectivity index (χ2v) is 12.0. The Balaban J connectivity index is 1.33. The molecule has 0 radical (unpaired) electrons. The lowest BCUT2D eigenvalue weighted by Crippen LogP contribution is -2.49. The molecule has 5 rings (SSSR count). The second-order valence-electron chi connectivity index (χ2n) is 9.18. The molecule has 3 aromatic carbocycles. The van der Waals surface area contributed by atoms with Crippen molar-refractivity contribution in [3.63, 3.8) is 0 Å². The zero-order valence-electron chi connectivity index (χ0n) is 21.3. The summed E-state index contributed by atoms with van der Waals surface area (Å²) in [6, 6.07) is 22.6. The van der Waals surface area contributed by atoms with Crippen molar-refractivity contribution >= 4 is 42.7 Å². The molecule has 1 aliphatic rings. The number of para-hydroxylation sites is 2. The lowest BCUT2D eigenvalue weighted by molar-refractivity contribution is 0.141. The average Bonchev–Trinajstić information content (AvgIpc) is 2.95. The van der Waals surface area contributed by atoms with E-state index in [9.17, 15) is 8.42 Å². The molecular weight excluding hydrogens is 566 g/mol. The number of halogens is 1. The van der Waals surface area contributed by atoms with E-state index in [1.54, 1.807) is 35.7 Å². The molecule has 1 saturated heterocycles. The van der Waals surface area contributed by atoms with Gasteiger partial charge in [0.15, 0.2) is 0 Å². The van der Waals surface area contributed by atoms with E-state index in [4.69, 9.17) is 14.7 Å². The van der Waals surface area contributed by atoms with Crippen LogP contribution in [-0.4, -0.2) is 60.9 Å². The number of sulfonamides is 1. The van der Waals surface area contributed by atoms with Crippen molar-refractivity contribution in [2.45, 2.75) is 24.4 Å². The molecule has 1 N–H and O–H groups in total. The van der Waals surface area contributed by atoms with Gasteiger partial charge in [0.1, 0.15) is 17.4 Å². The summed E-state index contributed by atoms with van der Waals surface area (Å²) in [5, 5.41) is 4.43. The third-order valence-electron chi connectivity index (χ3n) is 6.91. The molecule has 1 aliphatic heterocycles. The Morgan fingerprint density at radius 3 is 2.37 bits per heavy atom. The average molecular weight is 597 g/mol. The molecule has 1 aromatic heterocycles. The van der Waals surface area contributed by atoms with Gasteiger partial charge in [0.2, 0.25) is 10.0 Å². The molecule has 0 aliphatic carbocycles. The smallest absolute Gasteiger partial charge is 0.243 e. The summed E-state index contributed by atoms with van der Waals surface area (Å²) < 4.78 is 34.1. The molecule has 0 bridgehead atoms. The maximum atomic E-state index is 13.1. The van der Waals surface area contributed by atoms with Crippen molar-refractivity contribution in [1.29, 1.82) is 0 Å². The van der Waals surface area contributed by atoms with E-state index < -0.39 is 10.0 Å². The number of piperazine rings is 1. The minimum atomic E-state index is -3.53. The van der Waals surface area contributed by atoms with Crippen molar-refractivity contribution in [3.8, 4) is 5.75 Å². The van der Waals surface area contributed by atoms with Crippen LogP contribution in [-0.2, 0) is 16.6 Å². The van der Waals surface area contributed by atoms with E-state index in [0.29, 0.717) is 43.4 Å². The van der Waals surface area contributed by atoms with Crippen LogP contribution in [0.5, 0.6) is 5.75 Å². The Kier molecular flexibility index (Phi) is 7.94. The summed E-state index contributed by atoms with van der Waals surface area (Å²) in [6.07, 6.45) is 0. The van der Waals surface area contributed by atoms with Gasteiger partial charge in [-0.25, -0.2) is 18.4 Å². The normalized spacial score (nSPS) is 15.9. The van der Waals surface area contributed by atoms with Crippen LogP contribution < -0.4 is 10.1 Å². The van der Waals surface area contributed by atoms with Crippen LogP contribution in [0.15, 0.2) is 82.2 Å². The van der Waals surface area contributed by atoms with Gasteiger partial charge in [0, 0.05) is 48.1 Å². The van der Waals surface area contributed by atoms with Crippen LogP contribution in [0.2, 0.25) is 0 Å². The Labute approximate surface area is 231 Å². The number of nitrogens with one attached hydrogen (secondary N) is 1. The summed E-state index contributed by atoms with van der Waals surface area (Å²) in [6.45, 7) is 4.65. The predicted octanol–water partition coefficient (Wildman–Crippen LogP) is 5.08. The first-order chi connectivity index (χ1) is 18.4. The standard InChI is InChI=1S/C28H30BrN5O3S/c1-20(33-15-17-34(18-16-33)38(35,36)23-13-11-22(29)12-14-23)27-31-25-9-5-4-8-24(25)28(32-27)30-19-21-7-3-6-10-26(21)37-2/h3-14,20H,15-19H2,1-2H3,(H,30,31,32)/t20-/m0/s1. The number of ether oxygens (including phenoxy) is 1. The first kappa shape index (κ1) is 26.6. The fourth-order valence-electron chi connectivity index (χ4n) is 4.69. The topological polar surface area (TPSA) is 87.7 Å². The Morgan fingerprint density at radius 2 is 1.63 bits per heavy atom. The highest BCUT2D eigenvalue weighted by Gasteiger charge is 2.31. The minimum absolute atomic E-state index is 0.0797. The molecule has 8 nitrogen and oxygen atoms in total. The molecule has 38 heavy (non-hydrogen) atoms. The number of hydrogen-bond acceptors (Lipinski definition) is 7. The molecule has 1 atom stereocenters. The van der Waals surface area contributed by atoms with Gasteiger partial charge in [-0.05, 0) is 49.4 Å². The number of fused-ring (bicyclic) bond motifs is 1. The van der Waals surface area contributed by atoms with E-state index in [0.717, 1.165) is 32.5 Å². The molecule has 4 aromatic rings. The summed E-state index contributed by atoms with van der Waals surface area (Å²) in [5.41, 5.74) is 1.90. The number of methoxy groups -OCH3 is 1. The SMILES string of the molecule is COc1ccccc1CNc1nc([C@H](C)N2CCN(S(=O)(=O)c3ccc(Br)cc3)CC2)nc2ccccc12. The van der Waals surface area contributed by atoms with Gasteiger partial charge in [0.25, 0.3) is 0 Å². The third kappa shape index (κ3) is 5.54. The quantitative estimate of drug-likeness (QED) is 0.304. The van der Waals surface area contributed by atoms with Crippen LogP contribution in [0, 0.1) is 0 Å². The van der Waals surface area contributed by atoms with Crippen LogP contribution in [0.3, 0.4) is 0 Å². The van der Waals surface area contributed by atoms with E-state index in [2.05, 4.69) is 33.1 Å². The first-order valence-corrected chi connectivity index (χ1v) is 14.7. The van der Waals surface area contributed by atoms with E-state index in [-0.39, 0.29) is 6.04 Å². The van der Waals surface area contributed by atoms with Crippen molar-refractivity contribution < 1.29 is 13.2 Å². The van der Waals surface area contributed by atoms with Crippen molar-refractivity contribution in [2.24, 2.45) is 0 Å². The molecule has 10 heteroatoms. The number of aromatic nitrogens is 2. The van der Waals surface area contributed by atoms with Gasteiger partial charge < -0.3 is 10.1 Å². The fraction of sp³-hybridized carbons (Fsp3) is 0.286. The lowest BCUT2D eigenvalue weighted by Gasteiger charge is -2.36. The molecule has 0 unspecified atom stereocenters. The Bertz CT molecular complexity index is 1520. The van der Waals surface area contributed by atoms with Gasteiger partial charge in [0.05, 0.1) is 23.6 Å². The van der Waals surface area contributed by atoms with E-state index in [1.165, 1.54) is 0 Å². The largest absolute Gasteiger partial charge is 0.496 e. The summed E-state index contributed by atoms with van der Waals surface area (Å²) in [4.78, 5) is 12.3. The third-order valence-corrected chi connectivity index (χ3v) is 9.35. The lowest BCUT2D eigenvalue weighted by atomic mass is 10.1. The van der Waals surface area contributed by atoms with E-state index >= 15 is 0 Å². The second kappa shape index (κ2) is 11.4. The zero-order chi connectivity index (χ0) is 26.7. The summed E-state index contributed by atoms with van der Waals surface area (Å²) in [5.74, 6) is 2.29. The number of hydrogen-bond donors (Lipinski definition) is 1. The van der Waals surface area contributed by atoms with Crippen LogP contribution >= 0.6 is 15.9 Å².